The van der Waals surface area contributed by atoms with E-state index < -0.39 is 0 Å². The van der Waals surface area contributed by atoms with Gasteiger partial charge in [0.15, 0.2) is 0 Å². The molecule has 0 fully saturated rings. The molecule has 0 rings (SSSR count). The van der Waals surface area contributed by atoms with Gasteiger partial charge in [-0.05, 0) is 12.8 Å². The zero-order chi connectivity index (χ0) is 7.28. The zero-order valence-electron chi connectivity index (χ0n) is 5.76. The van der Waals surface area contributed by atoms with Crippen LogP contribution in [0.15, 0.2) is 5.16 Å². The summed E-state index contributed by atoms with van der Waals surface area (Å²) in [6.07, 6.45) is 1.86. The predicted octanol–water partition coefficient (Wildman–Crippen LogP) is 2.45. The van der Waals surface area contributed by atoms with Crippen molar-refractivity contribution in [2.24, 2.45) is 11.1 Å². The van der Waals surface area contributed by atoms with Crippen LogP contribution >= 0.6 is 11.6 Å². The standard InChI is InChI=1S/C6H12ClNO/c1-3-5(4-2)6(7)8-9/h5,9H,3-4H2,1-2H3/b8-6-. The molecule has 0 aromatic carbocycles. The van der Waals surface area contributed by atoms with Gasteiger partial charge in [-0.15, -0.1) is 0 Å². The van der Waals surface area contributed by atoms with Crippen molar-refractivity contribution in [2.45, 2.75) is 26.7 Å². The smallest absolute Gasteiger partial charge is 0.148 e. The first kappa shape index (κ1) is 8.76. The lowest BCUT2D eigenvalue weighted by Gasteiger charge is -2.06. The Bertz CT molecular complexity index is 99.2. The first-order chi connectivity index (χ1) is 4.26. The topological polar surface area (TPSA) is 32.6 Å². The number of nitrogens with zero attached hydrogens (tertiary/aromatic N) is 1. The summed E-state index contributed by atoms with van der Waals surface area (Å²) in [4.78, 5) is 0. The predicted molar refractivity (Wildman–Crippen MR) is 39.1 cm³/mol. The molecule has 0 bridgehead atoms. The molecule has 0 spiro atoms. The fourth-order valence-electron chi connectivity index (χ4n) is 0.707. The van der Waals surface area contributed by atoms with E-state index in [9.17, 15) is 0 Å². The Morgan fingerprint density at radius 1 is 1.56 bits per heavy atom. The lowest BCUT2D eigenvalue weighted by molar-refractivity contribution is 0.316. The van der Waals surface area contributed by atoms with Crippen molar-refractivity contribution in [2.75, 3.05) is 0 Å². The largest absolute Gasteiger partial charge is 0.410 e. The molecule has 9 heavy (non-hydrogen) atoms. The maximum Gasteiger partial charge on any atom is 0.148 e. The number of hydrogen-bond acceptors (Lipinski definition) is 2. The van der Waals surface area contributed by atoms with Gasteiger partial charge in [-0.3, -0.25) is 0 Å². The van der Waals surface area contributed by atoms with E-state index in [0.717, 1.165) is 12.8 Å². The molecule has 0 aromatic rings. The molecule has 0 aliphatic carbocycles. The van der Waals surface area contributed by atoms with Gasteiger partial charge in [0.2, 0.25) is 0 Å². The van der Waals surface area contributed by atoms with Gasteiger partial charge >= 0.3 is 0 Å². The average molecular weight is 150 g/mol. The van der Waals surface area contributed by atoms with Crippen LogP contribution in [0.2, 0.25) is 0 Å². The van der Waals surface area contributed by atoms with Gasteiger partial charge in [-0.2, -0.15) is 0 Å². The zero-order valence-corrected chi connectivity index (χ0v) is 6.52. The fraction of sp³-hybridized carbons (Fsp3) is 0.833. The van der Waals surface area contributed by atoms with Gasteiger partial charge in [0.25, 0.3) is 0 Å². The second-order valence-electron chi connectivity index (χ2n) is 1.94. The summed E-state index contributed by atoms with van der Waals surface area (Å²) >= 11 is 5.53. The third kappa shape index (κ3) is 2.70. The van der Waals surface area contributed by atoms with E-state index >= 15 is 0 Å². The van der Waals surface area contributed by atoms with Crippen molar-refractivity contribution in [1.29, 1.82) is 0 Å². The molecule has 0 radical (unpaired) electrons. The van der Waals surface area contributed by atoms with E-state index in [1.54, 1.807) is 0 Å². The van der Waals surface area contributed by atoms with Crippen LogP contribution in [0.3, 0.4) is 0 Å². The van der Waals surface area contributed by atoms with Gasteiger partial charge in [-0.25, -0.2) is 0 Å². The SMILES string of the molecule is CCC(CC)/C(Cl)=N/O. The molecule has 0 aromatic heterocycles. The molecule has 3 heteroatoms. The Kier molecular flexibility index (Phi) is 4.50. The van der Waals surface area contributed by atoms with Crippen LogP contribution in [-0.2, 0) is 0 Å². The minimum Gasteiger partial charge on any atom is -0.410 e. The Balaban J connectivity index is 3.79. The molecule has 0 aliphatic rings. The van der Waals surface area contributed by atoms with Crippen LogP contribution < -0.4 is 0 Å². The van der Waals surface area contributed by atoms with Crippen LogP contribution in [0.4, 0.5) is 0 Å². The van der Waals surface area contributed by atoms with Crippen molar-refractivity contribution in [3.8, 4) is 0 Å². The summed E-state index contributed by atoms with van der Waals surface area (Å²) in [5.74, 6) is 0.233. The van der Waals surface area contributed by atoms with Crippen LogP contribution in [0.5, 0.6) is 0 Å². The summed E-state index contributed by atoms with van der Waals surface area (Å²) in [6.45, 7) is 4.03. The van der Waals surface area contributed by atoms with Crippen LogP contribution in [0.1, 0.15) is 26.7 Å². The van der Waals surface area contributed by atoms with Gasteiger partial charge in [-0.1, -0.05) is 30.6 Å². The van der Waals surface area contributed by atoms with Gasteiger partial charge in [0.05, 0.1) is 0 Å². The summed E-state index contributed by atoms with van der Waals surface area (Å²) in [6, 6.07) is 0. The molecule has 1 N–H and O–H groups in total. The normalized spacial score (nSPS) is 12.7. The van der Waals surface area contributed by atoms with Crippen LogP contribution in [0, 0.1) is 5.92 Å². The molecule has 2 nitrogen and oxygen atoms in total. The van der Waals surface area contributed by atoms with Crippen LogP contribution in [0.25, 0.3) is 0 Å². The van der Waals surface area contributed by atoms with Gasteiger partial charge < -0.3 is 5.21 Å². The van der Waals surface area contributed by atoms with E-state index in [1.807, 2.05) is 13.8 Å². The van der Waals surface area contributed by atoms with Crippen LogP contribution in [-0.4, -0.2) is 10.4 Å². The van der Waals surface area contributed by atoms with Crippen molar-refractivity contribution in [1.82, 2.24) is 0 Å². The molecule has 0 heterocycles. The number of rotatable bonds is 3. The highest BCUT2D eigenvalue weighted by Crippen LogP contribution is 2.11. The first-order valence-corrected chi connectivity index (χ1v) is 3.51. The molecule has 0 unspecified atom stereocenters. The minimum atomic E-state index is 0.233. The summed E-state index contributed by atoms with van der Waals surface area (Å²) in [5, 5.41) is 11.5. The molecule has 0 aliphatic heterocycles. The maximum absolute atomic E-state index is 8.22. The summed E-state index contributed by atoms with van der Waals surface area (Å²) in [5.41, 5.74) is 0. The highest BCUT2D eigenvalue weighted by atomic mass is 35.5. The average Bonchev–Trinajstić information content (AvgIpc) is 1.90. The second-order valence-corrected chi connectivity index (χ2v) is 2.32. The third-order valence-electron chi connectivity index (χ3n) is 1.42. The first-order valence-electron chi connectivity index (χ1n) is 3.13. The highest BCUT2D eigenvalue weighted by molar-refractivity contribution is 6.65. The van der Waals surface area contributed by atoms with Crippen molar-refractivity contribution >= 4 is 16.8 Å². The second kappa shape index (κ2) is 4.62. The fourth-order valence-corrected chi connectivity index (χ4v) is 1.02. The molecule has 0 atom stereocenters. The lowest BCUT2D eigenvalue weighted by atomic mass is 10.1. The number of oxime groups is 1. The molecule has 0 saturated carbocycles. The summed E-state index contributed by atoms with van der Waals surface area (Å²) in [7, 11) is 0. The monoisotopic (exact) mass is 149 g/mol. The van der Waals surface area contributed by atoms with E-state index in [0.29, 0.717) is 5.17 Å². The molecular formula is C6H12ClNO. The third-order valence-corrected chi connectivity index (χ3v) is 1.80. The van der Waals surface area contributed by atoms with E-state index in [1.165, 1.54) is 0 Å². The molecule has 54 valence electrons. The maximum atomic E-state index is 8.22. The van der Waals surface area contributed by atoms with Gasteiger partial charge in [0, 0.05) is 5.92 Å². The van der Waals surface area contributed by atoms with Crippen molar-refractivity contribution < 1.29 is 5.21 Å². The number of hydrogen-bond donors (Lipinski definition) is 1. The Hall–Kier alpha value is -0.240. The minimum absolute atomic E-state index is 0.233. The lowest BCUT2D eigenvalue weighted by Crippen LogP contribution is -2.05. The van der Waals surface area contributed by atoms with E-state index in [-0.39, 0.29) is 5.92 Å². The Labute approximate surface area is 60.5 Å². The van der Waals surface area contributed by atoms with Crippen molar-refractivity contribution in [3.05, 3.63) is 0 Å². The highest BCUT2D eigenvalue weighted by Gasteiger charge is 2.08. The van der Waals surface area contributed by atoms with E-state index in [2.05, 4.69) is 5.16 Å². The number of halogens is 1. The van der Waals surface area contributed by atoms with Crippen molar-refractivity contribution in [3.63, 3.8) is 0 Å². The van der Waals surface area contributed by atoms with E-state index in [4.69, 9.17) is 16.8 Å². The Morgan fingerprint density at radius 2 is 2.00 bits per heavy atom. The molecule has 0 amide bonds. The van der Waals surface area contributed by atoms with Gasteiger partial charge in [0.1, 0.15) is 5.17 Å². The molecule has 0 saturated heterocycles. The molecular weight excluding hydrogens is 138 g/mol. The summed E-state index contributed by atoms with van der Waals surface area (Å²) < 4.78 is 0. The Morgan fingerprint density at radius 3 is 2.11 bits per heavy atom. The quantitative estimate of drug-likeness (QED) is 0.373.